The van der Waals surface area contributed by atoms with E-state index in [2.05, 4.69) is 56.7 Å². The number of nitrogen functional groups attached to an aromatic ring is 1. The highest BCUT2D eigenvalue weighted by molar-refractivity contribution is 5.87. The molecule has 2 aromatic carbocycles. The summed E-state index contributed by atoms with van der Waals surface area (Å²) in [5.41, 5.74) is 9.78. The van der Waals surface area contributed by atoms with E-state index in [1.165, 1.54) is 11.9 Å². The van der Waals surface area contributed by atoms with Crippen LogP contribution in [0.1, 0.15) is 16.7 Å². The summed E-state index contributed by atoms with van der Waals surface area (Å²) in [5, 5.41) is 4.19. The molecule has 0 spiro atoms. The quantitative estimate of drug-likeness (QED) is 0.512. The van der Waals surface area contributed by atoms with Gasteiger partial charge in [0.2, 0.25) is 0 Å². The largest absolute Gasteiger partial charge is 0.384 e. The minimum atomic E-state index is 0.447. The average molecular weight is 371 g/mol. The van der Waals surface area contributed by atoms with Crippen molar-refractivity contribution < 1.29 is 4.74 Å². The molecule has 0 unspecified atom stereocenters. The second kappa shape index (κ2) is 8.45. The van der Waals surface area contributed by atoms with Gasteiger partial charge >= 0.3 is 0 Å². The number of ether oxygens (including phenoxy) is 1. The Morgan fingerprint density at radius 2 is 1.50 bits per heavy atom. The van der Waals surface area contributed by atoms with Crippen LogP contribution < -0.4 is 11.1 Å². The summed E-state index contributed by atoms with van der Waals surface area (Å²) in [6.07, 6.45) is 1.49. The summed E-state index contributed by atoms with van der Waals surface area (Å²) >= 11 is 0. The van der Waals surface area contributed by atoms with Gasteiger partial charge in [0, 0.05) is 6.54 Å². The van der Waals surface area contributed by atoms with Crippen molar-refractivity contribution in [3.05, 3.63) is 89.7 Å². The molecule has 6 heteroatoms. The Hall–Kier alpha value is -3.51. The molecule has 6 nitrogen and oxygen atoms in total. The lowest BCUT2D eigenvalue weighted by Gasteiger charge is -2.09. The molecular weight excluding hydrogens is 350 g/mol. The van der Waals surface area contributed by atoms with Crippen LogP contribution in [0.15, 0.2) is 73.1 Å². The van der Waals surface area contributed by atoms with Crippen molar-refractivity contribution in [3.8, 4) is 0 Å². The van der Waals surface area contributed by atoms with E-state index in [1.807, 2.05) is 24.3 Å². The van der Waals surface area contributed by atoms with Crippen LogP contribution in [0.4, 0.5) is 11.6 Å². The van der Waals surface area contributed by atoms with Gasteiger partial charge in [-0.1, -0.05) is 54.6 Å². The van der Waals surface area contributed by atoms with Crippen molar-refractivity contribution in [2.24, 2.45) is 0 Å². The third-order valence-electron chi connectivity index (χ3n) is 4.38. The van der Waals surface area contributed by atoms with E-state index in [9.17, 15) is 0 Å². The van der Waals surface area contributed by atoms with Gasteiger partial charge in [-0.3, -0.25) is 0 Å². The zero-order valence-corrected chi connectivity index (χ0v) is 15.4. The third kappa shape index (κ3) is 4.42. The number of nitrogens with two attached hydrogens (primary N) is 1. The van der Waals surface area contributed by atoms with Crippen LogP contribution in [0, 0.1) is 0 Å². The van der Waals surface area contributed by atoms with Gasteiger partial charge in [-0.15, -0.1) is 0 Å². The maximum atomic E-state index is 5.78. The van der Waals surface area contributed by atoms with Crippen LogP contribution in [0.5, 0.6) is 0 Å². The smallest absolute Gasteiger partial charge is 0.166 e. The molecule has 0 saturated carbocycles. The summed E-state index contributed by atoms with van der Waals surface area (Å²) < 4.78 is 5.78. The number of nitrogens with one attached hydrogen (secondary N) is 1. The number of pyridine rings is 1. The van der Waals surface area contributed by atoms with E-state index in [4.69, 9.17) is 10.5 Å². The molecule has 0 aliphatic heterocycles. The van der Waals surface area contributed by atoms with Gasteiger partial charge in [-0.25, -0.2) is 15.0 Å². The Labute approximate surface area is 163 Å². The van der Waals surface area contributed by atoms with Gasteiger partial charge in [0.1, 0.15) is 18.0 Å². The molecule has 3 N–H and O–H groups in total. The predicted molar refractivity (Wildman–Crippen MR) is 110 cm³/mol. The number of hydrogen-bond donors (Lipinski definition) is 2. The topological polar surface area (TPSA) is 86.0 Å². The first kappa shape index (κ1) is 17.9. The van der Waals surface area contributed by atoms with Crippen LogP contribution in [0.2, 0.25) is 0 Å². The summed E-state index contributed by atoms with van der Waals surface area (Å²) in [7, 11) is 0. The summed E-state index contributed by atoms with van der Waals surface area (Å²) in [4.78, 5) is 12.7. The predicted octanol–water partition coefficient (Wildman–Crippen LogP) is 3.94. The van der Waals surface area contributed by atoms with Crippen molar-refractivity contribution in [2.45, 2.75) is 19.8 Å². The highest BCUT2D eigenvalue weighted by Crippen LogP contribution is 2.19. The van der Waals surface area contributed by atoms with Crippen molar-refractivity contribution in [1.82, 2.24) is 15.0 Å². The van der Waals surface area contributed by atoms with Crippen molar-refractivity contribution >= 4 is 22.7 Å². The van der Waals surface area contributed by atoms with Crippen LogP contribution in [-0.2, 0) is 24.5 Å². The molecule has 0 atom stereocenters. The lowest BCUT2D eigenvalue weighted by Crippen LogP contribution is -2.04. The Balaban J connectivity index is 1.33. The summed E-state index contributed by atoms with van der Waals surface area (Å²) in [5.74, 6) is 1.19. The summed E-state index contributed by atoms with van der Waals surface area (Å²) in [6, 6.07) is 22.2. The van der Waals surface area contributed by atoms with Gasteiger partial charge in [0.05, 0.1) is 18.6 Å². The first-order valence-corrected chi connectivity index (χ1v) is 9.08. The maximum Gasteiger partial charge on any atom is 0.166 e. The molecular formula is C22H21N5O. The summed E-state index contributed by atoms with van der Waals surface area (Å²) in [6.45, 7) is 1.86. The fraction of sp³-hybridized carbons (Fsp3) is 0.136. The monoisotopic (exact) mass is 371 g/mol. The normalized spacial score (nSPS) is 10.9. The zero-order valence-electron chi connectivity index (χ0n) is 15.4. The van der Waals surface area contributed by atoms with Crippen molar-refractivity contribution in [2.75, 3.05) is 11.1 Å². The van der Waals surface area contributed by atoms with Gasteiger partial charge in [0.25, 0.3) is 0 Å². The second-order valence-electron chi connectivity index (χ2n) is 6.48. The molecule has 0 radical (unpaired) electrons. The number of rotatable bonds is 7. The SMILES string of the molecule is Nc1ccc2c(NCc3ccc(COCc4ccccc4)cc3)ncnc2n1. The molecule has 0 aliphatic rings. The maximum absolute atomic E-state index is 5.78. The number of nitrogens with zero attached hydrogens (tertiary/aromatic N) is 3. The van der Waals surface area contributed by atoms with Crippen molar-refractivity contribution in [3.63, 3.8) is 0 Å². The van der Waals surface area contributed by atoms with Crippen LogP contribution in [0.25, 0.3) is 11.0 Å². The van der Waals surface area contributed by atoms with E-state index in [1.54, 1.807) is 6.07 Å². The highest BCUT2D eigenvalue weighted by atomic mass is 16.5. The minimum Gasteiger partial charge on any atom is -0.384 e. The molecule has 0 saturated heterocycles. The molecule has 140 valence electrons. The molecule has 4 aromatic rings. The van der Waals surface area contributed by atoms with Crippen LogP contribution >= 0.6 is 0 Å². The molecule has 2 heterocycles. The first-order chi connectivity index (χ1) is 13.8. The zero-order chi connectivity index (χ0) is 19.2. The highest BCUT2D eigenvalue weighted by Gasteiger charge is 2.05. The van der Waals surface area contributed by atoms with E-state index in [-0.39, 0.29) is 0 Å². The Morgan fingerprint density at radius 3 is 2.29 bits per heavy atom. The minimum absolute atomic E-state index is 0.447. The Kier molecular flexibility index (Phi) is 5.40. The molecule has 4 rings (SSSR count). The number of anilines is 2. The number of benzene rings is 2. The first-order valence-electron chi connectivity index (χ1n) is 9.08. The lowest BCUT2D eigenvalue weighted by molar-refractivity contribution is 0.107. The molecule has 0 bridgehead atoms. The number of hydrogen-bond acceptors (Lipinski definition) is 6. The van der Waals surface area contributed by atoms with E-state index in [0.29, 0.717) is 31.2 Å². The molecule has 0 aliphatic carbocycles. The fourth-order valence-corrected chi connectivity index (χ4v) is 2.90. The lowest BCUT2D eigenvalue weighted by atomic mass is 10.1. The Morgan fingerprint density at radius 1 is 0.786 bits per heavy atom. The average Bonchev–Trinajstić information content (AvgIpc) is 2.73. The molecule has 2 aromatic heterocycles. The van der Waals surface area contributed by atoms with E-state index in [0.717, 1.165) is 22.3 Å². The standard InChI is InChI=1S/C22H21N5O/c23-20-11-10-19-21(25-15-26-22(19)27-20)24-12-16-6-8-18(9-7-16)14-28-13-17-4-2-1-3-5-17/h1-11,15H,12-14H2,(H3,23,24,25,26,27). The van der Waals surface area contributed by atoms with Gasteiger partial charge < -0.3 is 15.8 Å². The Bertz CT molecular complexity index is 1050. The number of aromatic nitrogens is 3. The number of fused-ring (bicyclic) bond motifs is 1. The molecule has 28 heavy (non-hydrogen) atoms. The fourth-order valence-electron chi connectivity index (χ4n) is 2.90. The van der Waals surface area contributed by atoms with E-state index >= 15 is 0 Å². The van der Waals surface area contributed by atoms with Gasteiger partial charge in [-0.05, 0) is 28.8 Å². The third-order valence-corrected chi connectivity index (χ3v) is 4.38. The second-order valence-corrected chi connectivity index (χ2v) is 6.48. The van der Waals surface area contributed by atoms with Gasteiger partial charge in [-0.2, -0.15) is 0 Å². The van der Waals surface area contributed by atoms with E-state index < -0.39 is 0 Å². The van der Waals surface area contributed by atoms with Crippen molar-refractivity contribution in [1.29, 1.82) is 0 Å². The molecule has 0 amide bonds. The van der Waals surface area contributed by atoms with Crippen LogP contribution in [0.3, 0.4) is 0 Å². The molecule has 0 fully saturated rings. The van der Waals surface area contributed by atoms with Gasteiger partial charge in [0.15, 0.2) is 5.65 Å². The van der Waals surface area contributed by atoms with Crippen LogP contribution in [-0.4, -0.2) is 15.0 Å².